The molecule has 0 atom stereocenters. The van der Waals surface area contributed by atoms with Gasteiger partial charge in [0.15, 0.2) is 17.5 Å². The molecule has 0 radical (unpaired) electrons. The van der Waals surface area contributed by atoms with Crippen LogP contribution in [-0.2, 0) is 0 Å². The van der Waals surface area contributed by atoms with Gasteiger partial charge in [0.05, 0.1) is 5.51 Å². The summed E-state index contributed by atoms with van der Waals surface area (Å²) in [4.78, 5) is 11.6. The first-order chi connectivity index (χ1) is 4.36. The molecule has 0 saturated heterocycles. The first kappa shape index (κ1) is 5.38. The maximum Gasteiger partial charge on any atom is 0.177 e. The first-order valence-corrected chi connectivity index (χ1v) is 4.22. The van der Waals surface area contributed by atoms with Crippen LogP contribution in [0.2, 0.25) is 0 Å². The van der Waals surface area contributed by atoms with E-state index in [-0.39, 0.29) is 0 Å². The lowest BCUT2D eigenvalue weighted by Gasteiger charge is -1.68. The summed E-state index contributed by atoms with van der Waals surface area (Å²) in [6.07, 6.45) is 0. The van der Waals surface area contributed by atoms with Gasteiger partial charge in [0.1, 0.15) is 0 Å². The van der Waals surface area contributed by atoms with Crippen molar-refractivity contribution in [2.45, 2.75) is 0 Å². The van der Waals surface area contributed by atoms with E-state index in [1.54, 1.807) is 22.7 Å². The third kappa shape index (κ3) is 0.765. The third-order valence-corrected chi connectivity index (χ3v) is 2.75. The van der Waals surface area contributed by atoms with Crippen LogP contribution in [-0.4, -0.2) is 17.8 Å². The summed E-state index contributed by atoms with van der Waals surface area (Å²) in [5, 5.41) is 0. The van der Waals surface area contributed by atoms with E-state index in [2.05, 4.69) is 9.97 Å². The molecule has 5 heteroatoms. The molecule has 0 aliphatic heterocycles. The fourth-order valence-electron chi connectivity index (χ4n) is 0.680. The average Bonchev–Trinajstić information content (AvgIpc) is 2.22. The molecule has 44 valence electrons. The van der Waals surface area contributed by atoms with Crippen molar-refractivity contribution in [2.75, 3.05) is 0 Å². The number of hydrogen-bond acceptors (Lipinski definition) is 4. The summed E-state index contributed by atoms with van der Waals surface area (Å²) in [7, 11) is 2.00. The lowest BCUT2D eigenvalue weighted by molar-refractivity contribution is 1.53. The Morgan fingerprint density at radius 3 is 3.11 bits per heavy atom. The molecule has 2 heterocycles. The molecule has 0 fully saturated rings. The lowest BCUT2D eigenvalue weighted by Crippen LogP contribution is -1.96. The fourth-order valence-corrected chi connectivity index (χ4v) is 2.33. The molecule has 0 aliphatic carbocycles. The predicted molar refractivity (Wildman–Crippen MR) is 43.5 cm³/mol. The molecular formula is C4H3BN2S2. The summed E-state index contributed by atoms with van der Waals surface area (Å²) < 4.78 is 0. The van der Waals surface area contributed by atoms with Gasteiger partial charge >= 0.3 is 0 Å². The molecule has 0 amide bonds. The van der Waals surface area contributed by atoms with E-state index >= 15 is 0 Å². The van der Waals surface area contributed by atoms with Crippen LogP contribution >= 0.6 is 22.7 Å². The largest absolute Gasteiger partial charge is 0.240 e. The van der Waals surface area contributed by atoms with Gasteiger partial charge in [-0.25, -0.2) is 9.97 Å². The Balaban J connectivity index is 2.92. The van der Waals surface area contributed by atoms with Crippen LogP contribution in [0.15, 0.2) is 5.51 Å². The van der Waals surface area contributed by atoms with E-state index in [4.69, 9.17) is 0 Å². The van der Waals surface area contributed by atoms with Gasteiger partial charge < -0.3 is 0 Å². The highest BCUT2D eigenvalue weighted by atomic mass is 32.1. The average molecular weight is 154 g/mol. The van der Waals surface area contributed by atoms with Gasteiger partial charge in [-0.05, 0) is 0 Å². The van der Waals surface area contributed by atoms with Crippen molar-refractivity contribution in [1.29, 1.82) is 0 Å². The van der Waals surface area contributed by atoms with Crippen molar-refractivity contribution in [3.8, 4) is 0 Å². The van der Waals surface area contributed by atoms with E-state index in [1.807, 2.05) is 13.4 Å². The minimum atomic E-state index is 1.07. The van der Waals surface area contributed by atoms with Crippen LogP contribution in [0.3, 0.4) is 0 Å². The van der Waals surface area contributed by atoms with Gasteiger partial charge in [0, 0.05) is 4.91 Å². The number of thiazole rings is 2. The zero-order chi connectivity index (χ0) is 6.27. The SMILES string of the molecule is Bc1nc2scnc2s1. The molecule has 9 heavy (non-hydrogen) atoms. The van der Waals surface area contributed by atoms with E-state index in [9.17, 15) is 0 Å². The number of nitrogens with zero attached hydrogens (tertiary/aromatic N) is 2. The normalized spacial score (nSPS) is 10.7. The maximum atomic E-state index is 4.25. The summed E-state index contributed by atoms with van der Waals surface area (Å²) in [5.41, 5.74) is 1.83. The van der Waals surface area contributed by atoms with Crippen molar-refractivity contribution in [1.82, 2.24) is 9.97 Å². The highest BCUT2D eigenvalue weighted by Crippen LogP contribution is 2.16. The molecule has 2 aromatic rings. The molecular weight excluding hydrogens is 151 g/mol. The second-order valence-electron chi connectivity index (χ2n) is 1.70. The summed E-state index contributed by atoms with van der Waals surface area (Å²) in [6, 6.07) is 0. The quantitative estimate of drug-likeness (QED) is 0.499. The van der Waals surface area contributed by atoms with Gasteiger partial charge in [-0.2, -0.15) is 0 Å². The maximum absolute atomic E-state index is 4.25. The van der Waals surface area contributed by atoms with E-state index in [0.717, 1.165) is 14.6 Å². The number of aromatic nitrogens is 2. The van der Waals surface area contributed by atoms with Gasteiger partial charge in [-0.15, -0.1) is 22.7 Å². The van der Waals surface area contributed by atoms with Crippen LogP contribution in [0, 0.1) is 0 Å². The van der Waals surface area contributed by atoms with E-state index < -0.39 is 0 Å². The van der Waals surface area contributed by atoms with Crippen LogP contribution in [0.5, 0.6) is 0 Å². The molecule has 0 aromatic carbocycles. The van der Waals surface area contributed by atoms with Crippen molar-refractivity contribution in [2.24, 2.45) is 0 Å². The topological polar surface area (TPSA) is 25.8 Å². The molecule has 0 saturated carbocycles. The molecule has 0 N–H and O–H groups in total. The second-order valence-corrected chi connectivity index (χ2v) is 3.71. The number of rotatable bonds is 0. The minimum absolute atomic E-state index is 1.07. The Kier molecular flexibility index (Phi) is 1.06. The Labute approximate surface area is 61.0 Å². The molecule has 0 unspecified atom stereocenters. The number of hydrogen-bond donors (Lipinski definition) is 0. The predicted octanol–water partition coefficient (Wildman–Crippen LogP) is 0.0112. The fraction of sp³-hybridized carbons (Fsp3) is 0. The monoisotopic (exact) mass is 154 g/mol. The highest BCUT2D eigenvalue weighted by molar-refractivity contribution is 7.29. The molecule has 2 aromatic heterocycles. The summed E-state index contributed by atoms with van der Waals surface area (Å²) in [5.74, 6) is 0. The zero-order valence-corrected chi connectivity index (χ0v) is 6.42. The summed E-state index contributed by atoms with van der Waals surface area (Å²) >= 11 is 3.24. The Morgan fingerprint density at radius 2 is 2.33 bits per heavy atom. The van der Waals surface area contributed by atoms with Crippen molar-refractivity contribution < 1.29 is 0 Å². The van der Waals surface area contributed by atoms with Crippen LogP contribution in [0.1, 0.15) is 0 Å². The van der Waals surface area contributed by atoms with Gasteiger partial charge in [-0.3, -0.25) is 0 Å². The van der Waals surface area contributed by atoms with Crippen LogP contribution in [0.25, 0.3) is 9.66 Å². The van der Waals surface area contributed by atoms with Gasteiger partial charge in [0.2, 0.25) is 0 Å². The zero-order valence-electron chi connectivity index (χ0n) is 4.79. The molecule has 0 bridgehead atoms. The van der Waals surface area contributed by atoms with Crippen LogP contribution in [0.4, 0.5) is 0 Å². The van der Waals surface area contributed by atoms with Crippen molar-refractivity contribution >= 4 is 45.1 Å². The standard InChI is InChI=1S/C4H3BN2S2/c5-4-7-3-2(9-4)6-1-8-3/h1H,5H2. The summed E-state index contributed by atoms with van der Waals surface area (Å²) in [6.45, 7) is 0. The lowest BCUT2D eigenvalue weighted by atomic mass is 10.2. The molecule has 2 nitrogen and oxygen atoms in total. The first-order valence-electron chi connectivity index (χ1n) is 2.53. The Bertz CT molecular complexity index is 297. The minimum Gasteiger partial charge on any atom is -0.240 e. The van der Waals surface area contributed by atoms with Crippen molar-refractivity contribution in [3.63, 3.8) is 0 Å². The van der Waals surface area contributed by atoms with Crippen LogP contribution < -0.4 is 4.91 Å². The van der Waals surface area contributed by atoms with Gasteiger partial charge in [0.25, 0.3) is 0 Å². The highest BCUT2D eigenvalue weighted by Gasteiger charge is 1.99. The third-order valence-electron chi connectivity index (χ3n) is 1.02. The molecule has 0 aliphatic rings. The number of fused-ring (bicyclic) bond motifs is 1. The molecule has 0 spiro atoms. The molecule has 2 rings (SSSR count). The smallest absolute Gasteiger partial charge is 0.177 e. The van der Waals surface area contributed by atoms with Crippen molar-refractivity contribution in [3.05, 3.63) is 5.51 Å². The van der Waals surface area contributed by atoms with Gasteiger partial charge in [-0.1, -0.05) is 0 Å². The van der Waals surface area contributed by atoms with E-state index in [1.165, 1.54) is 0 Å². The Morgan fingerprint density at radius 1 is 1.44 bits per heavy atom. The second kappa shape index (κ2) is 1.78. The Hall–Kier alpha value is -0.415. The van der Waals surface area contributed by atoms with E-state index in [0.29, 0.717) is 0 Å².